The lowest BCUT2D eigenvalue weighted by Crippen LogP contribution is -2.30. The highest BCUT2D eigenvalue weighted by atomic mass is 16.5. The van der Waals surface area contributed by atoms with Crippen molar-refractivity contribution in [1.29, 1.82) is 0 Å². The molecular formula is C13H25N3O3. The van der Waals surface area contributed by atoms with Crippen LogP contribution >= 0.6 is 0 Å². The molecule has 0 saturated carbocycles. The lowest BCUT2D eigenvalue weighted by atomic mass is 10.0. The van der Waals surface area contributed by atoms with Crippen LogP contribution in [0.15, 0.2) is 4.52 Å². The van der Waals surface area contributed by atoms with E-state index in [0.717, 1.165) is 6.54 Å². The van der Waals surface area contributed by atoms with Crippen LogP contribution in [-0.2, 0) is 15.9 Å². The summed E-state index contributed by atoms with van der Waals surface area (Å²) in [6.07, 6.45) is 0.662. The number of methoxy groups -OCH3 is 1. The molecular weight excluding hydrogens is 246 g/mol. The Morgan fingerprint density at radius 2 is 2.05 bits per heavy atom. The molecule has 0 saturated heterocycles. The number of aromatic nitrogens is 2. The van der Waals surface area contributed by atoms with Crippen LogP contribution in [0.2, 0.25) is 0 Å². The minimum absolute atomic E-state index is 0.204. The molecule has 0 aliphatic rings. The molecule has 1 heterocycles. The van der Waals surface area contributed by atoms with Crippen molar-refractivity contribution in [3.63, 3.8) is 0 Å². The van der Waals surface area contributed by atoms with E-state index in [0.29, 0.717) is 44.0 Å². The fourth-order valence-corrected chi connectivity index (χ4v) is 1.67. The van der Waals surface area contributed by atoms with E-state index >= 15 is 0 Å². The fraction of sp³-hybridized carbons (Fsp3) is 0.846. The summed E-state index contributed by atoms with van der Waals surface area (Å²) >= 11 is 0. The predicted octanol–water partition coefficient (Wildman–Crippen LogP) is 1.38. The normalized spacial score (nSPS) is 14.5. The summed E-state index contributed by atoms with van der Waals surface area (Å²) in [5, 5.41) is 7.33. The van der Waals surface area contributed by atoms with E-state index in [1.165, 1.54) is 0 Å². The van der Waals surface area contributed by atoms with Gasteiger partial charge in [-0.05, 0) is 13.5 Å². The van der Waals surface area contributed by atoms with Gasteiger partial charge in [0.25, 0.3) is 0 Å². The molecule has 1 rings (SSSR count). The second-order valence-corrected chi connectivity index (χ2v) is 4.54. The molecule has 1 aromatic heterocycles. The zero-order valence-corrected chi connectivity index (χ0v) is 12.3. The summed E-state index contributed by atoms with van der Waals surface area (Å²) in [5.41, 5.74) is 0. The standard InChI is InChI=1S/C13H25N3O3/c1-5-14-11(3)10(2)13-15-12(16-19-13)6-7-18-9-8-17-4/h10-11,14H,5-9H2,1-4H3. The molecule has 1 aromatic rings. The Labute approximate surface area is 114 Å². The van der Waals surface area contributed by atoms with Crippen molar-refractivity contribution < 1.29 is 14.0 Å². The molecule has 0 bridgehead atoms. The third-order valence-electron chi connectivity index (χ3n) is 3.05. The Bertz CT molecular complexity index is 344. The fourth-order valence-electron chi connectivity index (χ4n) is 1.67. The van der Waals surface area contributed by atoms with Gasteiger partial charge in [0.1, 0.15) is 0 Å². The Balaban J connectivity index is 2.35. The molecule has 0 spiro atoms. The van der Waals surface area contributed by atoms with Crippen molar-refractivity contribution in [3.8, 4) is 0 Å². The van der Waals surface area contributed by atoms with Gasteiger partial charge in [-0.25, -0.2) is 0 Å². The second-order valence-electron chi connectivity index (χ2n) is 4.54. The highest BCUT2D eigenvalue weighted by Gasteiger charge is 2.19. The Kier molecular flexibility index (Phi) is 7.62. The predicted molar refractivity (Wildman–Crippen MR) is 72.3 cm³/mol. The average molecular weight is 271 g/mol. The van der Waals surface area contributed by atoms with Crippen molar-refractivity contribution in [1.82, 2.24) is 15.5 Å². The van der Waals surface area contributed by atoms with Crippen LogP contribution in [0.25, 0.3) is 0 Å². The van der Waals surface area contributed by atoms with Gasteiger partial charge in [-0.2, -0.15) is 4.98 Å². The van der Waals surface area contributed by atoms with E-state index in [2.05, 4.69) is 36.2 Å². The first kappa shape index (κ1) is 16.1. The monoisotopic (exact) mass is 271 g/mol. The van der Waals surface area contributed by atoms with Crippen LogP contribution in [0.4, 0.5) is 0 Å². The van der Waals surface area contributed by atoms with E-state index in [-0.39, 0.29) is 5.92 Å². The Morgan fingerprint density at radius 3 is 2.74 bits per heavy atom. The smallest absolute Gasteiger partial charge is 0.231 e. The summed E-state index contributed by atoms with van der Waals surface area (Å²) in [5.74, 6) is 1.58. The van der Waals surface area contributed by atoms with E-state index < -0.39 is 0 Å². The van der Waals surface area contributed by atoms with E-state index in [1.54, 1.807) is 7.11 Å². The first-order chi connectivity index (χ1) is 9.19. The summed E-state index contributed by atoms with van der Waals surface area (Å²) in [7, 11) is 1.65. The van der Waals surface area contributed by atoms with Crippen LogP contribution in [0, 0.1) is 0 Å². The maximum atomic E-state index is 5.37. The van der Waals surface area contributed by atoms with Crippen molar-refractivity contribution in [2.24, 2.45) is 0 Å². The summed E-state index contributed by atoms with van der Waals surface area (Å²) in [6, 6.07) is 0.316. The number of hydrogen-bond acceptors (Lipinski definition) is 6. The molecule has 0 aliphatic heterocycles. The molecule has 6 nitrogen and oxygen atoms in total. The molecule has 19 heavy (non-hydrogen) atoms. The minimum atomic E-state index is 0.204. The van der Waals surface area contributed by atoms with Crippen molar-refractivity contribution in [2.45, 2.75) is 39.2 Å². The minimum Gasteiger partial charge on any atom is -0.382 e. The molecule has 0 aliphatic carbocycles. The highest BCUT2D eigenvalue weighted by Crippen LogP contribution is 2.17. The summed E-state index contributed by atoms with van der Waals surface area (Å²) in [4.78, 5) is 4.40. The van der Waals surface area contributed by atoms with Gasteiger partial charge in [-0.15, -0.1) is 0 Å². The highest BCUT2D eigenvalue weighted by molar-refractivity contribution is 4.96. The van der Waals surface area contributed by atoms with E-state index in [1.807, 2.05) is 0 Å². The molecule has 2 unspecified atom stereocenters. The van der Waals surface area contributed by atoms with E-state index in [4.69, 9.17) is 14.0 Å². The van der Waals surface area contributed by atoms with Gasteiger partial charge in [0.15, 0.2) is 5.82 Å². The lowest BCUT2D eigenvalue weighted by Gasteiger charge is -2.16. The third-order valence-corrected chi connectivity index (χ3v) is 3.05. The van der Waals surface area contributed by atoms with Gasteiger partial charge < -0.3 is 19.3 Å². The van der Waals surface area contributed by atoms with Gasteiger partial charge in [0.2, 0.25) is 5.89 Å². The number of likely N-dealkylation sites (N-methyl/N-ethyl adjacent to an activating group) is 1. The van der Waals surface area contributed by atoms with Crippen LogP contribution < -0.4 is 5.32 Å². The maximum absolute atomic E-state index is 5.37. The van der Waals surface area contributed by atoms with Gasteiger partial charge in [-0.3, -0.25) is 0 Å². The zero-order valence-electron chi connectivity index (χ0n) is 12.3. The van der Waals surface area contributed by atoms with Crippen LogP contribution in [0.5, 0.6) is 0 Å². The first-order valence-corrected chi connectivity index (χ1v) is 6.81. The largest absolute Gasteiger partial charge is 0.382 e. The molecule has 0 fully saturated rings. The molecule has 110 valence electrons. The van der Waals surface area contributed by atoms with Crippen LogP contribution in [-0.4, -0.2) is 49.7 Å². The van der Waals surface area contributed by atoms with Gasteiger partial charge in [-0.1, -0.05) is 19.0 Å². The Morgan fingerprint density at radius 1 is 1.26 bits per heavy atom. The molecule has 1 N–H and O–H groups in total. The number of nitrogens with one attached hydrogen (secondary N) is 1. The molecule has 0 amide bonds. The van der Waals surface area contributed by atoms with Crippen molar-refractivity contribution in [3.05, 3.63) is 11.7 Å². The van der Waals surface area contributed by atoms with Crippen LogP contribution in [0.1, 0.15) is 38.4 Å². The third kappa shape index (κ3) is 5.67. The number of nitrogens with zero attached hydrogens (tertiary/aromatic N) is 2. The lowest BCUT2D eigenvalue weighted by molar-refractivity contribution is 0.0714. The van der Waals surface area contributed by atoms with Gasteiger partial charge >= 0.3 is 0 Å². The topological polar surface area (TPSA) is 69.4 Å². The second kappa shape index (κ2) is 9.01. The van der Waals surface area contributed by atoms with E-state index in [9.17, 15) is 0 Å². The molecule has 2 atom stereocenters. The number of ether oxygens (including phenoxy) is 2. The summed E-state index contributed by atoms with van der Waals surface area (Å²) in [6.45, 7) is 8.99. The van der Waals surface area contributed by atoms with Gasteiger partial charge in [0, 0.05) is 19.6 Å². The van der Waals surface area contributed by atoms with Crippen molar-refractivity contribution >= 4 is 0 Å². The molecule has 0 aromatic carbocycles. The SMILES string of the molecule is CCNC(C)C(C)c1nc(CCOCCOC)no1. The maximum Gasteiger partial charge on any atom is 0.231 e. The van der Waals surface area contributed by atoms with Crippen LogP contribution in [0.3, 0.4) is 0 Å². The van der Waals surface area contributed by atoms with Crippen molar-refractivity contribution in [2.75, 3.05) is 33.5 Å². The Hall–Kier alpha value is -0.980. The number of hydrogen-bond donors (Lipinski definition) is 1. The average Bonchev–Trinajstić information content (AvgIpc) is 2.86. The van der Waals surface area contributed by atoms with Gasteiger partial charge in [0.05, 0.1) is 25.7 Å². The number of rotatable bonds is 10. The molecule has 6 heteroatoms. The zero-order chi connectivity index (χ0) is 14.1. The summed E-state index contributed by atoms with van der Waals surface area (Å²) < 4.78 is 15.6. The first-order valence-electron chi connectivity index (χ1n) is 6.81. The molecule has 0 radical (unpaired) electrons. The quantitative estimate of drug-likeness (QED) is 0.648.